The summed E-state index contributed by atoms with van der Waals surface area (Å²) in [5.74, 6) is -0.335. The number of nitrogens with zero attached hydrogens (tertiary/aromatic N) is 1. The molecule has 8 heteroatoms. The molecule has 0 saturated carbocycles. The van der Waals surface area contributed by atoms with E-state index in [4.69, 9.17) is 9.47 Å². The number of carboxylic acids is 1. The van der Waals surface area contributed by atoms with Crippen molar-refractivity contribution in [3.8, 4) is 5.75 Å². The number of carboxylic acid groups (broad SMARTS) is 1. The molecule has 1 saturated heterocycles. The summed E-state index contributed by atoms with van der Waals surface area (Å²) in [4.78, 5) is 27.1. The molecule has 0 aromatic heterocycles. The van der Waals surface area contributed by atoms with Gasteiger partial charge in [-0.05, 0) is 50.6 Å². The van der Waals surface area contributed by atoms with E-state index in [0.717, 1.165) is 5.75 Å². The fraction of sp³-hybridized carbons (Fsp3) is 0.417. The highest BCUT2D eigenvalue weighted by atomic mass is 35.5. The smallest absolute Gasteiger partial charge is 0.336 e. The van der Waals surface area contributed by atoms with E-state index < -0.39 is 17.6 Å². The predicted octanol–water partition coefficient (Wildman–Crippen LogP) is 3.54. The van der Waals surface area contributed by atoms with E-state index in [2.05, 4.69) is 5.32 Å². The van der Waals surface area contributed by atoms with Crippen LogP contribution < -0.4 is 10.1 Å². The van der Waals surface area contributed by atoms with E-state index in [0.29, 0.717) is 44.8 Å². The van der Waals surface area contributed by atoms with Gasteiger partial charge >= 0.3 is 5.97 Å². The molecule has 1 aliphatic heterocycles. The zero-order chi connectivity index (χ0) is 22.3. The van der Waals surface area contributed by atoms with Crippen LogP contribution in [0.4, 0.5) is 0 Å². The second-order valence-corrected chi connectivity index (χ2v) is 7.81. The van der Waals surface area contributed by atoms with Gasteiger partial charge in [0.1, 0.15) is 17.9 Å². The summed E-state index contributed by atoms with van der Waals surface area (Å²) in [5, 5.41) is 12.5. The van der Waals surface area contributed by atoms with Crippen molar-refractivity contribution in [1.29, 1.82) is 0 Å². The monoisotopic (exact) mass is 462 g/mol. The van der Waals surface area contributed by atoms with Crippen LogP contribution in [0.25, 0.3) is 0 Å². The van der Waals surface area contributed by atoms with Gasteiger partial charge in [-0.3, -0.25) is 9.69 Å². The van der Waals surface area contributed by atoms with Crippen molar-refractivity contribution in [2.75, 3.05) is 33.4 Å². The second kappa shape index (κ2) is 11.9. The molecule has 1 amide bonds. The first-order chi connectivity index (χ1) is 14.9. The lowest BCUT2D eigenvalue weighted by molar-refractivity contribution is -0.140. The van der Waals surface area contributed by atoms with Crippen LogP contribution in [-0.4, -0.2) is 60.8 Å². The molecule has 7 nitrogen and oxygen atoms in total. The minimum Gasteiger partial charge on any atom is -0.492 e. The summed E-state index contributed by atoms with van der Waals surface area (Å²) in [6.45, 7) is 3.83. The van der Waals surface area contributed by atoms with E-state index in [9.17, 15) is 14.7 Å². The summed E-state index contributed by atoms with van der Waals surface area (Å²) in [6, 6.07) is 15.9. The minimum absolute atomic E-state index is 0. The molecule has 32 heavy (non-hydrogen) atoms. The Balaban J connectivity index is 0.00000363. The molecule has 0 bridgehead atoms. The number of amides is 1. The van der Waals surface area contributed by atoms with Gasteiger partial charge in [0.15, 0.2) is 0 Å². The Morgan fingerprint density at radius 1 is 1.12 bits per heavy atom. The standard InChI is InChI=1S/C24H30N2O5.ClH/c1-18(20-10-6-7-11-21(20)22(27)28)25-23(29)24(12-15-30-16-13-24)26(2)14-17-31-19-8-4-3-5-9-19;/h3-11,18H,12-17H2,1-2H3,(H,25,29)(H,27,28);1H/t18-;/m0./s1. The molecule has 2 N–H and O–H groups in total. The van der Waals surface area contributed by atoms with Crippen LogP contribution in [0.1, 0.15) is 41.7 Å². The van der Waals surface area contributed by atoms with Crippen LogP contribution in [0.5, 0.6) is 5.75 Å². The number of benzene rings is 2. The zero-order valence-corrected chi connectivity index (χ0v) is 19.3. The van der Waals surface area contributed by atoms with E-state index in [-0.39, 0.29) is 23.9 Å². The molecule has 1 atom stereocenters. The normalized spacial score (nSPS) is 16.0. The third-order valence-corrected chi connectivity index (χ3v) is 5.92. The van der Waals surface area contributed by atoms with Gasteiger partial charge < -0.3 is 19.9 Å². The number of carbonyl (C=O) groups excluding carboxylic acids is 1. The number of hydrogen-bond donors (Lipinski definition) is 2. The molecule has 0 spiro atoms. The van der Waals surface area contributed by atoms with Crippen LogP contribution in [0.2, 0.25) is 0 Å². The Bertz CT molecular complexity index is 887. The first kappa shape index (κ1) is 25.6. The molecule has 174 valence electrons. The van der Waals surface area contributed by atoms with Crippen molar-refractivity contribution in [2.24, 2.45) is 0 Å². The third kappa shape index (κ3) is 6.00. The van der Waals surface area contributed by atoms with Crippen LogP contribution in [-0.2, 0) is 9.53 Å². The van der Waals surface area contributed by atoms with Crippen LogP contribution in [0, 0.1) is 0 Å². The Morgan fingerprint density at radius 3 is 2.41 bits per heavy atom. The fourth-order valence-electron chi connectivity index (χ4n) is 4.00. The van der Waals surface area contributed by atoms with Crippen molar-refractivity contribution in [1.82, 2.24) is 10.2 Å². The number of carbonyl (C=O) groups is 2. The van der Waals surface area contributed by atoms with Crippen LogP contribution >= 0.6 is 12.4 Å². The molecule has 3 rings (SSSR count). The first-order valence-corrected chi connectivity index (χ1v) is 10.5. The van der Waals surface area contributed by atoms with Crippen molar-refractivity contribution < 1.29 is 24.2 Å². The molecular formula is C24H31ClN2O5. The highest BCUT2D eigenvalue weighted by Gasteiger charge is 2.44. The van der Waals surface area contributed by atoms with Crippen molar-refractivity contribution in [2.45, 2.75) is 31.3 Å². The zero-order valence-electron chi connectivity index (χ0n) is 18.5. The molecule has 0 unspecified atom stereocenters. The topological polar surface area (TPSA) is 88.1 Å². The Morgan fingerprint density at radius 2 is 1.75 bits per heavy atom. The van der Waals surface area contributed by atoms with Crippen molar-refractivity contribution >= 4 is 24.3 Å². The Labute approximate surface area is 195 Å². The fourth-order valence-corrected chi connectivity index (χ4v) is 4.00. The molecular weight excluding hydrogens is 432 g/mol. The number of halogens is 1. The van der Waals surface area contributed by atoms with E-state index >= 15 is 0 Å². The first-order valence-electron chi connectivity index (χ1n) is 10.5. The van der Waals surface area contributed by atoms with Gasteiger partial charge in [0.05, 0.1) is 11.6 Å². The Kier molecular flexibility index (Phi) is 9.50. The molecule has 2 aromatic carbocycles. The summed E-state index contributed by atoms with van der Waals surface area (Å²) in [6.07, 6.45) is 1.13. The summed E-state index contributed by atoms with van der Waals surface area (Å²) < 4.78 is 11.3. The maximum atomic E-state index is 13.5. The SMILES string of the molecule is C[C@H](NC(=O)C1(N(C)CCOc2ccccc2)CCOCC1)c1ccccc1C(=O)O.Cl. The summed E-state index contributed by atoms with van der Waals surface area (Å²) in [7, 11) is 1.93. The van der Waals surface area contributed by atoms with Crippen molar-refractivity contribution in [3.63, 3.8) is 0 Å². The van der Waals surface area contributed by atoms with E-state index in [1.807, 2.05) is 49.2 Å². The van der Waals surface area contributed by atoms with Gasteiger partial charge in [0.2, 0.25) is 5.91 Å². The van der Waals surface area contributed by atoms with Gasteiger partial charge in [0, 0.05) is 19.8 Å². The lowest BCUT2D eigenvalue weighted by atomic mass is 9.86. The summed E-state index contributed by atoms with van der Waals surface area (Å²) >= 11 is 0. The van der Waals surface area contributed by atoms with Crippen molar-refractivity contribution in [3.05, 3.63) is 65.7 Å². The van der Waals surface area contributed by atoms with Gasteiger partial charge in [-0.15, -0.1) is 12.4 Å². The molecule has 2 aromatic rings. The number of rotatable bonds is 9. The Hall–Kier alpha value is -2.61. The number of aromatic carboxylic acids is 1. The lowest BCUT2D eigenvalue weighted by Crippen LogP contribution is -2.61. The quantitative estimate of drug-likeness (QED) is 0.592. The van der Waals surface area contributed by atoms with E-state index in [1.165, 1.54) is 0 Å². The average Bonchev–Trinajstić information content (AvgIpc) is 2.80. The number of para-hydroxylation sites is 1. The molecule has 1 fully saturated rings. The number of likely N-dealkylation sites (N-methyl/N-ethyl adjacent to an activating group) is 1. The third-order valence-electron chi connectivity index (χ3n) is 5.92. The van der Waals surface area contributed by atoms with Gasteiger partial charge in [-0.25, -0.2) is 4.79 Å². The van der Waals surface area contributed by atoms with Gasteiger partial charge in [-0.2, -0.15) is 0 Å². The van der Waals surface area contributed by atoms with Gasteiger partial charge in [0.25, 0.3) is 0 Å². The largest absolute Gasteiger partial charge is 0.492 e. The molecule has 0 aliphatic carbocycles. The maximum Gasteiger partial charge on any atom is 0.336 e. The number of hydrogen-bond acceptors (Lipinski definition) is 5. The predicted molar refractivity (Wildman–Crippen MR) is 125 cm³/mol. The second-order valence-electron chi connectivity index (χ2n) is 7.81. The molecule has 1 aliphatic rings. The van der Waals surface area contributed by atoms with Gasteiger partial charge in [-0.1, -0.05) is 36.4 Å². The molecule has 0 radical (unpaired) electrons. The van der Waals surface area contributed by atoms with Crippen LogP contribution in [0.15, 0.2) is 54.6 Å². The molecule has 1 heterocycles. The summed E-state index contributed by atoms with van der Waals surface area (Å²) in [5.41, 5.74) is 0.0478. The minimum atomic E-state index is -1.01. The number of ether oxygens (including phenoxy) is 2. The van der Waals surface area contributed by atoms with Crippen LogP contribution in [0.3, 0.4) is 0 Å². The highest BCUT2D eigenvalue weighted by Crippen LogP contribution is 2.29. The van der Waals surface area contributed by atoms with E-state index in [1.54, 1.807) is 24.3 Å². The number of nitrogens with one attached hydrogen (secondary N) is 1. The lowest BCUT2D eigenvalue weighted by Gasteiger charge is -2.43. The highest BCUT2D eigenvalue weighted by molar-refractivity contribution is 5.90. The maximum absolute atomic E-state index is 13.5. The average molecular weight is 463 g/mol.